The van der Waals surface area contributed by atoms with Crippen molar-refractivity contribution in [2.75, 3.05) is 40.0 Å². The molecule has 1 aromatic carbocycles. The van der Waals surface area contributed by atoms with Crippen molar-refractivity contribution in [2.24, 2.45) is 0 Å². The van der Waals surface area contributed by atoms with Gasteiger partial charge in [-0.05, 0) is 18.9 Å². The highest BCUT2D eigenvalue weighted by Gasteiger charge is 2.34. The maximum absolute atomic E-state index is 12.1. The van der Waals surface area contributed by atoms with Gasteiger partial charge in [-0.15, -0.1) is 0 Å². The summed E-state index contributed by atoms with van der Waals surface area (Å²) in [4.78, 5) is 16.6. The van der Waals surface area contributed by atoms with Crippen molar-refractivity contribution in [2.45, 2.75) is 31.8 Å². The average Bonchev–Trinajstić information content (AvgIpc) is 2.61. The first-order valence-electron chi connectivity index (χ1n) is 8.42. The van der Waals surface area contributed by atoms with Crippen molar-refractivity contribution < 1.29 is 14.3 Å². The Morgan fingerprint density at radius 3 is 2.65 bits per heavy atom. The van der Waals surface area contributed by atoms with Crippen LogP contribution in [0, 0.1) is 0 Å². The number of amides is 1. The number of hydrogen-bond donors (Lipinski definition) is 0. The number of benzene rings is 1. The van der Waals surface area contributed by atoms with Crippen LogP contribution in [0.2, 0.25) is 0 Å². The summed E-state index contributed by atoms with van der Waals surface area (Å²) < 4.78 is 11.0. The second-order valence-corrected chi connectivity index (χ2v) is 6.31. The zero-order valence-electron chi connectivity index (χ0n) is 14.0. The summed E-state index contributed by atoms with van der Waals surface area (Å²) in [6.45, 7) is 5.93. The lowest BCUT2D eigenvalue weighted by molar-refractivity contribution is -0.135. The van der Waals surface area contributed by atoms with Gasteiger partial charge in [0.25, 0.3) is 0 Å². The molecule has 2 heterocycles. The van der Waals surface area contributed by atoms with Gasteiger partial charge in [0, 0.05) is 51.4 Å². The van der Waals surface area contributed by atoms with Crippen molar-refractivity contribution in [3.63, 3.8) is 0 Å². The molecular weight excluding hydrogens is 292 g/mol. The fourth-order valence-corrected chi connectivity index (χ4v) is 3.77. The highest BCUT2D eigenvalue weighted by molar-refractivity contribution is 5.74. The maximum atomic E-state index is 12.1. The molecule has 0 N–H and O–H groups in total. The minimum Gasteiger partial charge on any atom is -0.496 e. The van der Waals surface area contributed by atoms with Gasteiger partial charge in [0.15, 0.2) is 0 Å². The molecule has 23 heavy (non-hydrogen) atoms. The summed E-state index contributed by atoms with van der Waals surface area (Å²) >= 11 is 0. The van der Waals surface area contributed by atoms with Crippen LogP contribution in [0.1, 0.15) is 31.4 Å². The Bertz CT molecular complexity index is 543. The van der Waals surface area contributed by atoms with E-state index in [1.165, 1.54) is 0 Å². The largest absolute Gasteiger partial charge is 0.496 e. The van der Waals surface area contributed by atoms with Gasteiger partial charge < -0.3 is 14.4 Å². The van der Waals surface area contributed by atoms with Gasteiger partial charge in [-0.1, -0.05) is 18.2 Å². The van der Waals surface area contributed by atoms with Crippen LogP contribution < -0.4 is 4.74 Å². The van der Waals surface area contributed by atoms with Crippen molar-refractivity contribution in [3.05, 3.63) is 29.8 Å². The van der Waals surface area contributed by atoms with E-state index in [9.17, 15) is 4.79 Å². The van der Waals surface area contributed by atoms with Gasteiger partial charge >= 0.3 is 0 Å². The first-order chi connectivity index (χ1) is 11.2. The number of carbonyl (C=O) groups is 1. The zero-order chi connectivity index (χ0) is 16.2. The van der Waals surface area contributed by atoms with E-state index < -0.39 is 0 Å². The van der Waals surface area contributed by atoms with E-state index in [-0.39, 0.29) is 11.9 Å². The van der Waals surface area contributed by atoms with Crippen LogP contribution in [-0.4, -0.2) is 61.7 Å². The Hall–Kier alpha value is -1.59. The molecule has 0 bridgehead atoms. The van der Waals surface area contributed by atoms with E-state index in [1.54, 1.807) is 14.0 Å². The lowest BCUT2D eigenvalue weighted by atomic mass is 9.98. The zero-order valence-corrected chi connectivity index (χ0v) is 14.0. The number of methoxy groups -OCH3 is 1. The molecule has 3 rings (SSSR count). The van der Waals surface area contributed by atoms with E-state index in [0.717, 1.165) is 57.0 Å². The Kier molecular flexibility index (Phi) is 5.18. The molecule has 1 unspecified atom stereocenters. The van der Waals surface area contributed by atoms with Gasteiger partial charge in [-0.3, -0.25) is 9.69 Å². The second-order valence-electron chi connectivity index (χ2n) is 6.31. The van der Waals surface area contributed by atoms with E-state index in [1.807, 2.05) is 23.1 Å². The highest BCUT2D eigenvalue weighted by atomic mass is 16.5. The number of para-hydroxylation sites is 1. The SMILES string of the molecule is COc1ccccc1C1CN(C2CCOCC2)CCN1C(C)=O. The molecule has 5 heteroatoms. The van der Waals surface area contributed by atoms with Crippen LogP contribution in [0.3, 0.4) is 0 Å². The molecule has 126 valence electrons. The Morgan fingerprint density at radius 2 is 1.96 bits per heavy atom. The quantitative estimate of drug-likeness (QED) is 0.856. The van der Waals surface area contributed by atoms with E-state index in [0.29, 0.717) is 6.04 Å². The Labute approximate surface area is 138 Å². The number of carbonyl (C=O) groups excluding carboxylic acids is 1. The van der Waals surface area contributed by atoms with Crippen LogP contribution in [0.5, 0.6) is 5.75 Å². The molecule has 0 aromatic heterocycles. The lowest BCUT2D eigenvalue weighted by Gasteiger charge is -2.45. The van der Waals surface area contributed by atoms with Gasteiger partial charge in [-0.2, -0.15) is 0 Å². The number of hydrogen-bond acceptors (Lipinski definition) is 4. The van der Waals surface area contributed by atoms with Crippen molar-refractivity contribution in [1.82, 2.24) is 9.80 Å². The predicted octanol–water partition coefficient (Wildman–Crippen LogP) is 2.08. The van der Waals surface area contributed by atoms with Crippen LogP contribution in [0.4, 0.5) is 0 Å². The van der Waals surface area contributed by atoms with E-state index in [4.69, 9.17) is 9.47 Å². The summed E-state index contributed by atoms with van der Waals surface area (Å²) in [6.07, 6.45) is 2.16. The molecule has 0 spiro atoms. The molecule has 0 radical (unpaired) electrons. The summed E-state index contributed by atoms with van der Waals surface area (Å²) in [6, 6.07) is 8.66. The van der Waals surface area contributed by atoms with Crippen LogP contribution >= 0.6 is 0 Å². The number of nitrogens with zero attached hydrogens (tertiary/aromatic N) is 2. The van der Waals surface area contributed by atoms with Gasteiger partial charge in [0.1, 0.15) is 5.75 Å². The van der Waals surface area contributed by atoms with Crippen molar-refractivity contribution >= 4 is 5.91 Å². The topological polar surface area (TPSA) is 42.0 Å². The number of piperazine rings is 1. The normalized spacial score (nSPS) is 23.7. The third kappa shape index (κ3) is 3.51. The van der Waals surface area contributed by atoms with E-state index in [2.05, 4.69) is 11.0 Å². The van der Waals surface area contributed by atoms with Crippen molar-refractivity contribution in [1.29, 1.82) is 0 Å². The molecule has 2 aliphatic heterocycles. The third-order valence-corrected chi connectivity index (χ3v) is 5.02. The molecule has 0 aliphatic carbocycles. The smallest absolute Gasteiger partial charge is 0.220 e. The second kappa shape index (κ2) is 7.32. The number of ether oxygens (including phenoxy) is 2. The predicted molar refractivity (Wildman–Crippen MR) is 88.5 cm³/mol. The molecule has 2 saturated heterocycles. The number of rotatable bonds is 3. The van der Waals surface area contributed by atoms with E-state index >= 15 is 0 Å². The van der Waals surface area contributed by atoms with Gasteiger partial charge in [0.2, 0.25) is 5.91 Å². The van der Waals surface area contributed by atoms with Gasteiger partial charge in [-0.25, -0.2) is 0 Å². The molecule has 1 aromatic rings. The fraction of sp³-hybridized carbons (Fsp3) is 0.611. The molecule has 0 saturated carbocycles. The standard InChI is InChI=1S/C18H26N2O3/c1-14(21)20-10-9-19(15-7-11-23-12-8-15)13-17(20)16-5-3-4-6-18(16)22-2/h3-6,15,17H,7-13H2,1-2H3. The summed E-state index contributed by atoms with van der Waals surface area (Å²) in [5, 5.41) is 0. The summed E-state index contributed by atoms with van der Waals surface area (Å²) in [5.74, 6) is 0.991. The summed E-state index contributed by atoms with van der Waals surface area (Å²) in [7, 11) is 1.69. The van der Waals surface area contributed by atoms with Crippen LogP contribution in [-0.2, 0) is 9.53 Å². The minimum absolute atomic E-state index is 0.0558. The molecule has 1 atom stereocenters. The minimum atomic E-state index is 0.0558. The molecule has 2 fully saturated rings. The molecule has 1 amide bonds. The maximum Gasteiger partial charge on any atom is 0.220 e. The molecular formula is C18H26N2O3. The third-order valence-electron chi connectivity index (χ3n) is 5.02. The Balaban J connectivity index is 1.84. The molecule has 2 aliphatic rings. The van der Waals surface area contributed by atoms with Crippen molar-refractivity contribution in [3.8, 4) is 5.75 Å². The molecule has 5 nitrogen and oxygen atoms in total. The average molecular weight is 318 g/mol. The first kappa shape index (κ1) is 16.3. The Morgan fingerprint density at radius 1 is 1.22 bits per heavy atom. The summed E-state index contributed by atoms with van der Waals surface area (Å²) in [5.41, 5.74) is 1.10. The monoisotopic (exact) mass is 318 g/mol. The lowest BCUT2D eigenvalue weighted by Crippen LogP contribution is -2.54. The van der Waals surface area contributed by atoms with Crippen LogP contribution in [0.25, 0.3) is 0 Å². The highest BCUT2D eigenvalue weighted by Crippen LogP contribution is 2.33. The van der Waals surface area contributed by atoms with Gasteiger partial charge in [0.05, 0.1) is 13.2 Å². The first-order valence-corrected chi connectivity index (χ1v) is 8.42. The fourth-order valence-electron chi connectivity index (χ4n) is 3.77. The van der Waals surface area contributed by atoms with Crippen LogP contribution in [0.15, 0.2) is 24.3 Å².